The molecule has 1 N–H and O–H groups in total. The van der Waals surface area contributed by atoms with Crippen molar-refractivity contribution in [2.24, 2.45) is 0 Å². The molecule has 3 aromatic rings. The monoisotopic (exact) mass is 391 g/mol. The minimum atomic E-state index is -1.25. The zero-order valence-electron chi connectivity index (χ0n) is 15.4. The van der Waals surface area contributed by atoms with Crippen LogP contribution in [0.15, 0.2) is 78.0 Å². The third-order valence-corrected chi connectivity index (χ3v) is 6.19. The normalized spacial score (nSPS) is 14.2. The summed E-state index contributed by atoms with van der Waals surface area (Å²) in [5.74, 6) is -0.118. The Morgan fingerprint density at radius 3 is 2.75 bits per heavy atom. The summed E-state index contributed by atoms with van der Waals surface area (Å²) < 4.78 is 14.9. The summed E-state index contributed by atoms with van der Waals surface area (Å²) in [7, 11) is -1.25. The topological polar surface area (TPSA) is 62.3 Å². The zero-order valence-corrected chi connectivity index (χ0v) is 16.2. The summed E-state index contributed by atoms with van der Waals surface area (Å²) in [6.07, 6.45) is 5.23. The van der Waals surface area contributed by atoms with Crippen LogP contribution in [0.4, 0.5) is 5.69 Å². The number of anilines is 1. The molecule has 6 heteroatoms. The van der Waals surface area contributed by atoms with Gasteiger partial charge in [0, 0.05) is 31.0 Å². The van der Waals surface area contributed by atoms with Gasteiger partial charge in [-0.3, -0.25) is 14.1 Å². The van der Waals surface area contributed by atoms with Crippen LogP contribution in [-0.2, 0) is 24.0 Å². The van der Waals surface area contributed by atoms with Gasteiger partial charge in [-0.15, -0.1) is 0 Å². The summed E-state index contributed by atoms with van der Waals surface area (Å²) in [5.41, 5.74) is 3.58. The Morgan fingerprint density at radius 1 is 1.11 bits per heavy atom. The van der Waals surface area contributed by atoms with Crippen molar-refractivity contribution in [3.63, 3.8) is 0 Å². The number of rotatable bonds is 5. The summed E-state index contributed by atoms with van der Waals surface area (Å²) in [5, 5.41) is 2.93. The second-order valence-electron chi connectivity index (χ2n) is 6.66. The SMILES string of the molecule is O=C(NCc1cccnc1)c1ccc2c(c1)CCCN2S(=O)c1ccccc1. The molecule has 1 amide bonds. The molecule has 1 aliphatic heterocycles. The second-order valence-corrected chi connectivity index (χ2v) is 8.07. The number of hydrogen-bond donors (Lipinski definition) is 1. The van der Waals surface area contributed by atoms with E-state index >= 15 is 0 Å². The van der Waals surface area contributed by atoms with E-state index in [4.69, 9.17) is 0 Å². The molecule has 1 aliphatic rings. The summed E-state index contributed by atoms with van der Waals surface area (Å²) in [4.78, 5) is 17.4. The molecule has 0 saturated heterocycles. The minimum absolute atomic E-state index is 0.118. The molecule has 0 fully saturated rings. The predicted octanol–water partition coefficient (Wildman–Crippen LogP) is 3.49. The maximum absolute atomic E-state index is 13.0. The average molecular weight is 391 g/mol. The summed E-state index contributed by atoms with van der Waals surface area (Å²) in [6.45, 7) is 1.18. The number of nitrogens with one attached hydrogen (secondary N) is 1. The van der Waals surface area contributed by atoms with E-state index in [2.05, 4.69) is 10.3 Å². The van der Waals surface area contributed by atoms with Crippen LogP contribution in [0.5, 0.6) is 0 Å². The quantitative estimate of drug-likeness (QED) is 0.724. The highest BCUT2D eigenvalue weighted by molar-refractivity contribution is 7.86. The Morgan fingerprint density at radius 2 is 1.96 bits per heavy atom. The van der Waals surface area contributed by atoms with Crippen molar-refractivity contribution in [1.29, 1.82) is 0 Å². The van der Waals surface area contributed by atoms with Gasteiger partial charge in [0.15, 0.2) is 11.0 Å². The lowest BCUT2D eigenvalue weighted by atomic mass is 10.0. The zero-order chi connectivity index (χ0) is 19.3. The molecule has 142 valence electrons. The van der Waals surface area contributed by atoms with Gasteiger partial charge in [0.1, 0.15) is 0 Å². The number of hydrogen-bond acceptors (Lipinski definition) is 3. The molecule has 0 bridgehead atoms. The van der Waals surface area contributed by atoms with Crippen molar-refractivity contribution in [3.8, 4) is 0 Å². The molecular formula is C22H21N3O2S. The molecule has 28 heavy (non-hydrogen) atoms. The third kappa shape index (κ3) is 3.97. The molecule has 0 radical (unpaired) electrons. The van der Waals surface area contributed by atoms with E-state index in [-0.39, 0.29) is 5.91 Å². The van der Waals surface area contributed by atoms with Crippen molar-refractivity contribution < 1.29 is 9.00 Å². The fourth-order valence-electron chi connectivity index (χ4n) is 3.33. The first-order valence-electron chi connectivity index (χ1n) is 9.27. The summed E-state index contributed by atoms with van der Waals surface area (Å²) in [6, 6.07) is 18.9. The van der Waals surface area contributed by atoms with Crippen LogP contribution in [0.25, 0.3) is 0 Å². The van der Waals surface area contributed by atoms with Crippen molar-refractivity contribution in [3.05, 3.63) is 89.7 Å². The smallest absolute Gasteiger partial charge is 0.251 e. The van der Waals surface area contributed by atoms with Gasteiger partial charge in [-0.25, -0.2) is 4.21 Å². The standard InChI is InChI=1S/C22H21N3O2S/c26-22(24-16-17-6-4-12-23-15-17)19-10-11-21-18(14-19)7-5-13-25(21)28(27)20-8-2-1-3-9-20/h1-4,6,8-12,14-15H,5,7,13,16H2,(H,24,26). The average Bonchev–Trinajstić information content (AvgIpc) is 2.77. The first kappa shape index (κ1) is 18.4. The van der Waals surface area contributed by atoms with Crippen molar-refractivity contribution in [2.45, 2.75) is 24.3 Å². The third-order valence-electron chi connectivity index (χ3n) is 4.74. The van der Waals surface area contributed by atoms with Crippen LogP contribution in [-0.4, -0.2) is 21.6 Å². The van der Waals surface area contributed by atoms with Gasteiger partial charge in [-0.05, 0) is 60.4 Å². The van der Waals surface area contributed by atoms with E-state index in [1.165, 1.54) is 0 Å². The Bertz CT molecular complexity index is 993. The number of carbonyl (C=O) groups is 1. The number of aromatic nitrogens is 1. The predicted molar refractivity (Wildman–Crippen MR) is 110 cm³/mol. The summed E-state index contributed by atoms with van der Waals surface area (Å²) >= 11 is 0. The number of carbonyl (C=O) groups excluding carboxylic acids is 1. The lowest BCUT2D eigenvalue weighted by molar-refractivity contribution is 0.0951. The van der Waals surface area contributed by atoms with Gasteiger partial charge in [-0.1, -0.05) is 24.3 Å². The molecule has 0 saturated carbocycles. The molecule has 0 aliphatic carbocycles. The molecule has 1 aromatic heterocycles. The fraction of sp³-hybridized carbons (Fsp3) is 0.182. The van der Waals surface area contributed by atoms with Crippen LogP contribution in [0.1, 0.15) is 27.9 Å². The first-order valence-corrected chi connectivity index (χ1v) is 10.4. The molecule has 0 spiro atoms. The number of fused-ring (bicyclic) bond motifs is 1. The van der Waals surface area contributed by atoms with E-state index < -0.39 is 11.0 Å². The Kier molecular flexibility index (Phi) is 5.48. The number of nitrogens with zero attached hydrogens (tertiary/aromatic N) is 2. The number of amides is 1. The highest BCUT2D eigenvalue weighted by Gasteiger charge is 2.23. The Labute approximate surface area is 167 Å². The molecule has 4 rings (SSSR count). The second kappa shape index (κ2) is 8.35. The van der Waals surface area contributed by atoms with E-state index in [1.807, 2.05) is 58.9 Å². The van der Waals surface area contributed by atoms with E-state index in [9.17, 15) is 9.00 Å². The molecule has 1 unspecified atom stereocenters. The van der Waals surface area contributed by atoms with Crippen molar-refractivity contribution in [2.75, 3.05) is 10.8 Å². The van der Waals surface area contributed by atoms with Gasteiger partial charge in [0.2, 0.25) is 0 Å². The Hall–Kier alpha value is -2.99. The maximum Gasteiger partial charge on any atom is 0.251 e. The van der Waals surface area contributed by atoms with Crippen LogP contribution in [0, 0.1) is 0 Å². The highest BCUT2D eigenvalue weighted by Crippen LogP contribution is 2.31. The highest BCUT2D eigenvalue weighted by atomic mass is 32.2. The van der Waals surface area contributed by atoms with Gasteiger partial charge >= 0.3 is 0 Å². The lowest BCUT2D eigenvalue weighted by Crippen LogP contribution is -2.31. The lowest BCUT2D eigenvalue weighted by Gasteiger charge is -2.30. The molecule has 5 nitrogen and oxygen atoms in total. The van der Waals surface area contributed by atoms with Gasteiger partial charge in [0.05, 0.1) is 10.6 Å². The van der Waals surface area contributed by atoms with Crippen molar-refractivity contribution >= 4 is 22.6 Å². The number of aryl methyl sites for hydroxylation is 1. The van der Waals surface area contributed by atoms with Gasteiger partial charge < -0.3 is 5.32 Å². The minimum Gasteiger partial charge on any atom is -0.348 e. The van der Waals surface area contributed by atoms with Gasteiger partial charge in [0.25, 0.3) is 5.91 Å². The molecular weight excluding hydrogens is 370 g/mol. The van der Waals surface area contributed by atoms with E-state index in [1.54, 1.807) is 18.5 Å². The maximum atomic E-state index is 13.0. The number of benzene rings is 2. The van der Waals surface area contributed by atoms with Crippen LogP contribution < -0.4 is 9.62 Å². The molecule has 2 aromatic carbocycles. The Balaban J connectivity index is 1.51. The van der Waals surface area contributed by atoms with Gasteiger partial charge in [-0.2, -0.15) is 0 Å². The number of pyridine rings is 1. The molecule has 2 heterocycles. The fourth-order valence-corrected chi connectivity index (χ4v) is 4.62. The largest absolute Gasteiger partial charge is 0.348 e. The van der Waals surface area contributed by atoms with E-state index in [0.717, 1.165) is 41.1 Å². The van der Waals surface area contributed by atoms with E-state index in [0.29, 0.717) is 12.1 Å². The van der Waals surface area contributed by atoms with Crippen LogP contribution >= 0.6 is 0 Å². The van der Waals surface area contributed by atoms with Crippen LogP contribution in [0.2, 0.25) is 0 Å². The van der Waals surface area contributed by atoms with Crippen LogP contribution in [0.3, 0.4) is 0 Å². The first-order chi connectivity index (χ1) is 13.7. The van der Waals surface area contributed by atoms with Crippen molar-refractivity contribution in [1.82, 2.24) is 10.3 Å². The molecule has 1 atom stereocenters.